The fourth-order valence-electron chi connectivity index (χ4n) is 2.80. The first-order valence-corrected chi connectivity index (χ1v) is 7.65. The zero-order valence-corrected chi connectivity index (χ0v) is 12.9. The summed E-state index contributed by atoms with van der Waals surface area (Å²) in [4.78, 5) is 2.49. The molecule has 2 aromatic rings. The highest BCUT2D eigenvalue weighted by Gasteiger charge is 2.22. The lowest BCUT2D eigenvalue weighted by Crippen LogP contribution is -2.22. The Balaban J connectivity index is 1.42. The molecule has 6 heteroatoms. The average molecular weight is 302 g/mol. The van der Waals surface area contributed by atoms with Crippen LogP contribution in [-0.4, -0.2) is 41.8 Å². The van der Waals surface area contributed by atoms with E-state index in [-0.39, 0.29) is 0 Å². The second-order valence-corrected chi connectivity index (χ2v) is 5.69. The van der Waals surface area contributed by atoms with E-state index in [0.717, 1.165) is 26.2 Å². The van der Waals surface area contributed by atoms with Gasteiger partial charge in [-0.3, -0.25) is 4.90 Å². The Bertz CT molecular complexity index is 573. The predicted molar refractivity (Wildman–Crippen MR) is 83.3 cm³/mol. The van der Waals surface area contributed by atoms with Crippen molar-refractivity contribution in [3.63, 3.8) is 0 Å². The standard InChI is InChI=1S/C16H22N4O2/c1-21-12-15-18-19-16(22-15)17-9-14-7-8-20(11-14)10-13-5-3-2-4-6-13/h2-6,14H,7-12H2,1H3,(H,17,19). The van der Waals surface area contributed by atoms with Crippen LogP contribution in [0.5, 0.6) is 0 Å². The van der Waals surface area contributed by atoms with Crippen LogP contribution >= 0.6 is 0 Å². The van der Waals surface area contributed by atoms with Gasteiger partial charge in [0.15, 0.2) is 0 Å². The molecule has 6 nitrogen and oxygen atoms in total. The molecule has 0 radical (unpaired) electrons. The number of nitrogens with one attached hydrogen (secondary N) is 1. The summed E-state index contributed by atoms with van der Waals surface area (Å²) < 4.78 is 10.4. The van der Waals surface area contributed by atoms with Gasteiger partial charge in [-0.2, -0.15) is 0 Å². The third kappa shape index (κ3) is 4.05. The third-order valence-corrected chi connectivity index (χ3v) is 3.90. The van der Waals surface area contributed by atoms with E-state index in [2.05, 4.69) is 50.7 Å². The van der Waals surface area contributed by atoms with E-state index >= 15 is 0 Å². The number of rotatable bonds is 7. The van der Waals surface area contributed by atoms with Crippen LogP contribution < -0.4 is 5.32 Å². The van der Waals surface area contributed by atoms with Gasteiger partial charge in [-0.15, -0.1) is 5.10 Å². The fourth-order valence-corrected chi connectivity index (χ4v) is 2.80. The Hall–Kier alpha value is -1.92. The largest absolute Gasteiger partial charge is 0.406 e. The number of likely N-dealkylation sites (tertiary alicyclic amines) is 1. The molecule has 1 unspecified atom stereocenters. The van der Waals surface area contributed by atoms with Crippen molar-refractivity contribution >= 4 is 6.01 Å². The normalized spacial score (nSPS) is 18.7. The second kappa shape index (κ2) is 7.38. The number of nitrogens with zero attached hydrogens (tertiary/aromatic N) is 3. The van der Waals surface area contributed by atoms with Crippen molar-refractivity contribution in [2.24, 2.45) is 5.92 Å². The predicted octanol–water partition coefficient (Wildman–Crippen LogP) is 2.15. The number of hydrogen-bond acceptors (Lipinski definition) is 6. The van der Waals surface area contributed by atoms with E-state index in [1.807, 2.05) is 0 Å². The molecule has 1 fully saturated rings. The van der Waals surface area contributed by atoms with Crippen molar-refractivity contribution in [1.82, 2.24) is 15.1 Å². The highest BCUT2D eigenvalue weighted by molar-refractivity contribution is 5.17. The Labute approximate surface area is 130 Å². The highest BCUT2D eigenvalue weighted by Crippen LogP contribution is 2.19. The van der Waals surface area contributed by atoms with Crippen LogP contribution in [0, 0.1) is 5.92 Å². The quantitative estimate of drug-likeness (QED) is 0.845. The zero-order valence-electron chi connectivity index (χ0n) is 12.9. The lowest BCUT2D eigenvalue weighted by atomic mass is 10.1. The molecular weight excluding hydrogens is 280 g/mol. The van der Waals surface area contributed by atoms with Gasteiger partial charge >= 0.3 is 6.01 Å². The molecule has 1 saturated heterocycles. The summed E-state index contributed by atoms with van der Waals surface area (Å²) in [5.41, 5.74) is 1.37. The molecule has 0 amide bonds. The molecule has 0 aliphatic carbocycles. The number of anilines is 1. The number of benzene rings is 1. The Kier molecular flexibility index (Phi) is 5.03. The lowest BCUT2D eigenvalue weighted by Gasteiger charge is -2.16. The van der Waals surface area contributed by atoms with Gasteiger partial charge in [-0.25, -0.2) is 0 Å². The van der Waals surface area contributed by atoms with Gasteiger partial charge in [-0.05, 0) is 24.4 Å². The van der Waals surface area contributed by atoms with Gasteiger partial charge in [-0.1, -0.05) is 35.4 Å². The molecular formula is C16H22N4O2. The first-order valence-electron chi connectivity index (χ1n) is 7.65. The molecule has 1 aromatic heterocycles. The van der Waals surface area contributed by atoms with E-state index in [9.17, 15) is 0 Å². The first-order chi connectivity index (χ1) is 10.8. The van der Waals surface area contributed by atoms with Gasteiger partial charge in [0.25, 0.3) is 0 Å². The molecule has 118 valence electrons. The summed E-state index contributed by atoms with van der Waals surface area (Å²) in [7, 11) is 1.61. The molecule has 3 rings (SSSR count). The molecule has 1 aliphatic heterocycles. The van der Waals surface area contributed by atoms with Crippen molar-refractivity contribution in [2.45, 2.75) is 19.6 Å². The summed E-state index contributed by atoms with van der Waals surface area (Å²) >= 11 is 0. The topological polar surface area (TPSA) is 63.4 Å². The molecule has 0 bridgehead atoms. The van der Waals surface area contributed by atoms with Crippen LogP contribution in [0.15, 0.2) is 34.7 Å². The SMILES string of the molecule is COCc1nnc(NCC2CCN(Cc3ccccc3)C2)o1. The molecule has 0 saturated carbocycles. The van der Waals surface area contributed by atoms with E-state index in [4.69, 9.17) is 9.15 Å². The molecule has 1 atom stereocenters. The van der Waals surface area contributed by atoms with E-state index in [1.165, 1.54) is 12.0 Å². The van der Waals surface area contributed by atoms with E-state index < -0.39 is 0 Å². The monoisotopic (exact) mass is 302 g/mol. The molecule has 1 aromatic carbocycles. The molecule has 1 N–H and O–H groups in total. The van der Waals surface area contributed by atoms with Crippen LogP contribution in [0.1, 0.15) is 17.9 Å². The van der Waals surface area contributed by atoms with Gasteiger partial charge in [0.1, 0.15) is 6.61 Å². The summed E-state index contributed by atoms with van der Waals surface area (Å²) in [6, 6.07) is 11.1. The van der Waals surface area contributed by atoms with Crippen molar-refractivity contribution in [1.29, 1.82) is 0 Å². The zero-order chi connectivity index (χ0) is 15.2. The van der Waals surface area contributed by atoms with E-state index in [0.29, 0.717) is 24.4 Å². The fraction of sp³-hybridized carbons (Fsp3) is 0.500. The minimum atomic E-state index is 0.350. The maximum absolute atomic E-state index is 5.43. The minimum absolute atomic E-state index is 0.350. The summed E-state index contributed by atoms with van der Waals surface area (Å²) in [6.07, 6.45) is 1.19. The van der Waals surface area contributed by atoms with Crippen LogP contribution in [0.4, 0.5) is 6.01 Å². The molecule has 22 heavy (non-hydrogen) atoms. The maximum Gasteiger partial charge on any atom is 0.315 e. The summed E-state index contributed by atoms with van der Waals surface area (Å²) in [6.45, 7) is 4.47. The van der Waals surface area contributed by atoms with Crippen LogP contribution in [0.2, 0.25) is 0 Å². The van der Waals surface area contributed by atoms with Gasteiger partial charge in [0.2, 0.25) is 5.89 Å². The molecule has 0 spiro atoms. The molecule has 1 aliphatic rings. The van der Waals surface area contributed by atoms with Crippen molar-refractivity contribution in [3.05, 3.63) is 41.8 Å². The van der Waals surface area contributed by atoms with Crippen LogP contribution in [-0.2, 0) is 17.9 Å². The summed E-state index contributed by atoms with van der Waals surface area (Å²) in [5.74, 6) is 1.11. The van der Waals surface area contributed by atoms with Crippen molar-refractivity contribution in [3.8, 4) is 0 Å². The second-order valence-electron chi connectivity index (χ2n) is 5.69. The summed E-state index contributed by atoms with van der Waals surface area (Å²) in [5, 5.41) is 11.1. The smallest absolute Gasteiger partial charge is 0.315 e. The number of aromatic nitrogens is 2. The number of ether oxygens (including phenoxy) is 1. The van der Waals surface area contributed by atoms with Gasteiger partial charge < -0.3 is 14.5 Å². The Morgan fingerprint density at radius 3 is 3.00 bits per heavy atom. The van der Waals surface area contributed by atoms with Crippen molar-refractivity contribution in [2.75, 3.05) is 32.1 Å². The minimum Gasteiger partial charge on any atom is -0.406 e. The van der Waals surface area contributed by atoms with E-state index in [1.54, 1.807) is 7.11 Å². The Morgan fingerprint density at radius 1 is 1.32 bits per heavy atom. The lowest BCUT2D eigenvalue weighted by molar-refractivity contribution is 0.160. The third-order valence-electron chi connectivity index (χ3n) is 3.90. The highest BCUT2D eigenvalue weighted by atomic mass is 16.5. The maximum atomic E-state index is 5.43. The molecule has 2 heterocycles. The number of methoxy groups -OCH3 is 1. The van der Waals surface area contributed by atoms with Gasteiger partial charge in [0.05, 0.1) is 0 Å². The van der Waals surface area contributed by atoms with Gasteiger partial charge in [0, 0.05) is 26.7 Å². The first kappa shape index (κ1) is 15.0. The van der Waals surface area contributed by atoms with Crippen LogP contribution in [0.25, 0.3) is 0 Å². The Morgan fingerprint density at radius 2 is 2.18 bits per heavy atom. The van der Waals surface area contributed by atoms with Crippen molar-refractivity contribution < 1.29 is 9.15 Å². The van der Waals surface area contributed by atoms with Crippen LogP contribution in [0.3, 0.4) is 0 Å². The number of hydrogen-bond donors (Lipinski definition) is 1. The average Bonchev–Trinajstić information content (AvgIpc) is 3.16.